The van der Waals surface area contributed by atoms with Crippen LogP contribution in [0, 0.1) is 19.8 Å². The van der Waals surface area contributed by atoms with Crippen LogP contribution in [-0.2, 0) is 5.67 Å². The summed E-state index contributed by atoms with van der Waals surface area (Å²) in [6.45, 7) is 4.09. The molecule has 15 heavy (non-hydrogen) atoms. The van der Waals surface area contributed by atoms with Gasteiger partial charge in [-0.05, 0) is 43.7 Å². The van der Waals surface area contributed by atoms with Crippen LogP contribution in [-0.4, -0.2) is 6.54 Å². The fourth-order valence-corrected chi connectivity index (χ4v) is 2.32. The molecule has 1 aliphatic carbocycles. The van der Waals surface area contributed by atoms with Crippen LogP contribution in [0.15, 0.2) is 18.2 Å². The monoisotopic (exact) mass is 207 g/mol. The highest BCUT2D eigenvalue weighted by atomic mass is 19.1. The molecule has 2 heteroatoms. The van der Waals surface area contributed by atoms with E-state index in [2.05, 4.69) is 0 Å². The highest BCUT2D eigenvalue weighted by Gasteiger charge is 2.46. The van der Waals surface area contributed by atoms with Crippen LogP contribution >= 0.6 is 0 Å². The van der Waals surface area contributed by atoms with E-state index in [-0.39, 0.29) is 12.5 Å². The number of alkyl halides is 1. The van der Waals surface area contributed by atoms with Gasteiger partial charge in [0.05, 0.1) is 0 Å². The van der Waals surface area contributed by atoms with Gasteiger partial charge in [0.2, 0.25) is 0 Å². The van der Waals surface area contributed by atoms with Crippen LogP contribution in [0.3, 0.4) is 0 Å². The van der Waals surface area contributed by atoms with E-state index >= 15 is 0 Å². The number of hydrogen-bond acceptors (Lipinski definition) is 1. The molecule has 2 rings (SSSR count). The molecule has 1 nitrogen and oxygen atoms in total. The van der Waals surface area contributed by atoms with E-state index in [9.17, 15) is 4.39 Å². The number of hydrogen-bond donors (Lipinski definition) is 1. The summed E-state index contributed by atoms with van der Waals surface area (Å²) in [5, 5.41) is 0. The molecule has 1 aliphatic rings. The van der Waals surface area contributed by atoms with Crippen molar-refractivity contribution in [2.24, 2.45) is 11.7 Å². The smallest absolute Gasteiger partial charge is 0.151 e. The van der Waals surface area contributed by atoms with Crippen LogP contribution < -0.4 is 5.73 Å². The summed E-state index contributed by atoms with van der Waals surface area (Å²) in [5.74, 6) is 0.143. The zero-order valence-electron chi connectivity index (χ0n) is 9.39. The van der Waals surface area contributed by atoms with Crippen molar-refractivity contribution < 1.29 is 4.39 Å². The van der Waals surface area contributed by atoms with Gasteiger partial charge >= 0.3 is 0 Å². The van der Waals surface area contributed by atoms with Gasteiger partial charge in [-0.1, -0.05) is 23.8 Å². The lowest BCUT2D eigenvalue weighted by Crippen LogP contribution is -2.33. The molecule has 1 atom stereocenters. The van der Waals surface area contributed by atoms with Crippen molar-refractivity contribution in [3.63, 3.8) is 0 Å². The third-order valence-electron chi connectivity index (χ3n) is 3.35. The minimum atomic E-state index is -1.29. The molecule has 1 aromatic rings. The van der Waals surface area contributed by atoms with Crippen molar-refractivity contribution >= 4 is 0 Å². The summed E-state index contributed by atoms with van der Waals surface area (Å²) in [6, 6.07) is 5.90. The number of aryl methyl sites for hydroxylation is 2. The fraction of sp³-hybridized carbons (Fsp3) is 0.538. The maximum atomic E-state index is 14.7. The number of benzene rings is 1. The first-order valence-electron chi connectivity index (χ1n) is 5.54. The Kier molecular flexibility index (Phi) is 2.55. The molecule has 0 radical (unpaired) electrons. The van der Waals surface area contributed by atoms with E-state index in [1.165, 1.54) is 5.56 Å². The molecule has 1 unspecified atom stereocenters. The number of nitrogens with two attached hydrogens (primary N) is 1. The highest BCUT2D eigenvalue weighted by molar-refractivity contribution is 5.36. The molecule has 1 fully saturated rings. The molecule has 0 bridgehead atoms. The second-order valence-corrected chi connectivity index (χ2v) is 4.66. The quantitative estimate of drug-likeness (QED) is 0.810. The summed E-state index contributed by atoms with van der Waals surface area (Å²) >= 11 is 0. The lowest BCUT2D eigenvalue weighted by molar-refractivity contribution is 0.142. The molecule has 0 spiro atoms. The predicted molar refractivity (Wildman–Crippen MR) is 60.5 cm³/mol. The molecule has 82 valence electrons. The Morgan fingerprint density at radius 3 is 2.53 bits per heavy atom. The van der Waals surface area contributed by atoms with Crippen molar-refractivity contribution in [2.75, 3.05) is 6.54 Å². The van der Waals surface area contributed by atoms with E-state index in [1.807, 2.05) is 32.0 Å². The Hall–Kier alpha value is -0.890. The number of rotatable bonds is 3. The van der Waals surface area contributed by atoms with Crippen LogP contribution in [0.2, 0.25) is 0 Å². The van der Waals surface area contributed by atoms with E-state index in [1.54, 1.807) is 0 Å². The van der Waals surface area contributed by atoms with Crippen LogP contribution in [0.1, 0.15) is 29.5 Å². The lowest BCUT2D eigenvalue weighted by Gasteiger charge is -2.26. The summed E-state index contributed by atoms with van der Waals surface area (Å²) < 4.78 is 14.7. The van der Waals surface area contributed by atoms with Gasteiger partial charge in [-0.15, -0.1) is 0 Å². The van der Waals surface area contributed by atoms with E-state index in [4.69, 9.17) is 5.73 Å². The molecule has 0 aliphatic heterocycles. The Labute approximate surface area is 90.5 Å². The van der Waals surface area contributed by atoms with Crippen molar-refractivity contribution in [2.45, 2.75) is 32.4 Å². The largest absolute Gasteiger partial charge is 0.327 e. The molecular formula is C13H18FN. The predicted octanol–water partition coefficient (Wildman–Crippen LogP) is 2.84. The third kappa shape index (κ3) is 1.78. The van der Waals surface area contributed by atoms with Crippen LogP contribution in [0.4, 0.5) is 4.39 Å². The standard InChI is InChI=1S/C13H18FN/c1-9-3-6-12(10(2)7-9)13(14,8-15)11-4-5-11/h3,6-7,11H,4-5,8,15H2,1-2H3. The van der Waals surface area contributed by atoms with Gasteiger partial charge in [-0.25, -0.2) is 4.39 Å². The van der Waals surface area contributed by atoms with E-state index in [0.29, 0.717) is 0 Å². The maximum Gasteiger partial charge on any atom is 0.151 e. The lowest BCUT2D eigenvalue weighted by atomic mass is 9.87. The zero-order chi connectivity index (χ0) is 11.1. The van der Waals surface area contributed by atoms with Gasteiger partial charge in [0.15, 0.2) is 5.67 Å². The molecule has 0 aromatic heterocycles. The fourth-order valence-electron chi connectivity index (χ4n) is 2.32. The molecule has 0 saturated heterocycles. The van der Waals surface area contributed by atoms with Gasteiger partial charge in [-0.3, -0.25) is 0 Å². The van der Waals surface area contributed by atoms with Crippen LogP contribution in [0.25, 0.3) is 0 Å². The topological polar surface area (TPSA) is 26.0 Å². The maximum absolute atomic E-state index is 14.7. The molecule has 1 saturated carbocycles. The van der Waals surface area contributed by atoms with E-state index in [0.717, 1.165) is 24.0 Å². The minimum Gasteiger partial charge on any atom is -0.327 e. The Balaban J connectivity index is 2.42. The Morgan fingerprint density at radius 2 is 2.07 bits per heavy atom. The van der Waals surface area contributed by atoms with Crippen molar-refractivity contribution in [3.8, 4) is 0 Å². The number of halogens is 1. The van der Waals surface area contributed by atoms with Crippen molar-refractivity contribution in [3.05, 3.63) is 34.9 Å². The van der Waals surface area contributed by atoms with Gasteiger partial charge in [0, 0.05) is 6.54 Å². The minimum absolute atomic E-state index is 0.0988. The normalized spacial score (nSPS) is 20.0. The first-order chi connectivity index (χ1) is 7.08. The van der Waals surface area contributed by atoms with Gasteiger partial charge in [-0.2, -0.15) is 0 Å². The summed E-state index contributed by atoms with van der Waals surface area (Å²) in [6.07, 6.45) is 1.95. The average Bonchev–Trinajstić information content (AvgIpc) is 3.00. The molecule has 0 amide bonds. The molecular weight excluding hydrogens is 189 g/mol. The van der Waals surface area contributed by atoms with Crippen molar-refractivity contribution in [1.29, 1.82) is 0 Å². The first kappa shape index (κ1) is 10.6. The van der Waals surface area contributed by atoms with Gasteiger partial charge < -0.3 is 5.73 Å². The summed E-state index contributed by atoms with van der Waals surface area (Å²) in [7, 11) is 0. The van der Waals surface area contributed by atoms with Gasteiger partial charge in [0.25, 0.3) is 0 Å². The van der Waals surface area contributed by atoms with Gasteiger partial charge in [0.1, 0.15) is 0 Å². The SMILES string of the molecule is Cc1ccc(C(F)(CN)C2CC2)c(C)c1. The third-order valence-corrected chi connectivity index (χ3v) is 3.35. The summed E-state index contributed by atoms with van der Waals surface area (Å²) in [4.78, 5) is 0. The second-order valence-electron chi connectivity index (χ2n) is 4.66. The Bertz CT molecular complexity index is 371. The zero-order valence-corrected chi connectivity index (χ0v) is 9.39. The van der Waals surface area contributed by atoms with Crippen molar-refractivity contribution in [1.82, 2.24) is 0 Å². The first-order valence-corrected chi connectivity index (χ1v) is 5.54. The van der Waals surface area contributed by atoms with E-state index < -0.39 is 5.67 Å². The summed E-state index contributed by atoms with van der Waals surface area (Å²) in [5.41, 5.74) is 7.30. The van der Waals surface area contributed by atoms with Crippen LogP contribution in [0.5, 0.6) is 0 Å². The molecule has 0 heterocycles. The second kappa shape index (κ2) is 3.60. The molecule has 2 N–H and O–H groups in total. The highest BCUT2D eigenvalue weighted by Crippen LogP contribution is 2.48. The molecule has 1 aromatic carbocycles. The Morgan fingerprint density at radius 1 is 1.40 bits per heavy atom. The average molecular weight is 207 g/mol.